The zero-order chi connectivity index (χ0) is 22.3. The number of amides is 1. The molecule has 0 saturated carbocycles. The Balaban J connectivity index is 1.57. The van der Waals surface area contributed by atoms with Crippen molar-refractivity contribution >= 4 is 29.1 Å². The van der Waals surface area contributed by atoms with E-state index in [0.29, 0.717) is 22.2 Å². The summed E-state index contributed by atoms with van der Waals surface area (Å²) in [6.07, 6.45) is 5.05. The molecule has 0 aliphatic carbocycles. The molecule has 0 radical (unpaired) electrons. The van der Waals surface area contributed by atoms with Crippen LogP contribution in [0.5, 0.6) is 5.75 Å². The summed E-state index contributed by atoms with van der Waals surface area (Å²) in [5.41, 5.74) is 5.85. The van der Waals surface area contributed by atoms with Crippen LogP contribution in [0.2, 0.25) is 0 Å². The predicted octanol–water partition coefficient (Wildman–Crippen LogP) is 5.48. The lowest BCUT2D eigenvalue weighted by Crippen LogP contribution is -2.18. The van der Waals surface area contributed by atoms with Gasteiger partial charge in [-0.2, -0.15) is 5.10 Å². The van der Waals surface area contributed by atoms with Crippen LogP contribution in [-0.2, 0) is 0 Å². The normalized spacial score (nSPS) is 11.3. The molecule has 0 spiro atoms. The highest BCUT2D eigenvalue weighted by Crippen LogP contribution is 2.25. The van der Waals surface area contributed by atoms with Gasteiger partial charge in [0.1, 0.15) is 11.6 Å². The van der Waals surface area contributed by atoms with Crippen LogP contribution in [0.1, 0.15) is 15.9 Å². The first kappa shape index (κ1) is 20.9. The number of carbonyl (C=O) groups excluding carboxylic acids is 1. The number of hydrazone groups is 1. The number of benzene rings is 3. The Morgan fingerprint density at radius 2 is 1.78 bits per heavy atom. The monoisotopic (exact) mass is 425 g/mol. The van der Waals surface area contributed by atoms with Gasteiger partial charge in [-0.1, -0.05) is 36.4 Å². The van der Waals surface area contributed by atoms with Crippen LogP contribution in [0.15, 0.2) is 90.0 Å². The molecule has 1 amide bonds. The fraction of sp³-hybridized carbons (Fsp3) is 0.0385. The summed E-state index contributed by atoms with van der Waals surface area (Å²) in [6, 6.07) is 22.6. The van der Waals surface area contributed by atoms with Gasteiger partial charge in [0, 0.05) is 22.7 Å². The van der Waals surface area contributed by atoms with Crippen LogP contribution in [0.4, 0.5) is 4.39 Å². The first-order valence-corrected chi connectivity index (χ1v) is 9.94. The maximum atomic E-state index is 13.3. The van der Waals surface area contributed by atoms with Crippen molar-refractivity contribution < 1.29 is 13.9 Å². The van der Waals surface area contributed by atoms with Crippen LogP contribution in [0, 0.1) is 5.82 Å². The number of hydrogen-bond acceptors (Lipinski definition) is 4. The number of para-hydroxylation sites is 2. The molecular formula is C26H20FN3O2. The van der Waals surface area contributed by atoms with E-state index in [1.165, 1.54) is 18.3 Å². The minimum Gasteiger partial charge on any atom is -0.496 e. The maximum Gasteiger partial charge on any atom is 0.272 e. The first-order chi connectivity index (χ1) is 15.7. The molecule has 0 atom stereocenters. The molecule has 0 aliphatic heterocycles. The number of carbonyl (C=O) groups is 1. The second kappa shape index (κ2) is 9.66. The van der Waals surface area contributed by atoms with E-state index in [2.05, 4.69) is 15.5 Å². The van der Waals surface area contributed by atoms with Crippen molar-refractivity contribution in [2.45, 2.75) is 0 Å². The molecule has 0 saturated heterocycles. The Morgan fingerprint density at radius 1 is 1.03 bits per heavy atom. The van der Waals surface area contributed by atoms with E-state index in [-0.39, 0.29) is 11.7 Å². The Labute approximate surface area is 184 Å². The van der Waals surface area contributed by atoms with Gasteiger partial charge in [-0.3, -0.25) is 4.79 Å². The molecule has 0 unspecified atom stereocenters. The number of methoxy groups -OCH3 is 1. The fourth-order valence-corrected chi connectivity index (χ4v) is 3.28. The van der Waals surface area contributed by atoms with Gasteiger partial charge in [-0.25, -0.2) is 14.8 Å². The third-order valence-corrected chi connectivity index (χ3v) is 4.84. The number of hydrogen-bond donors (Lipinski definition) is 1. The lowest BCUT2D eigenvalue weighted by molar-refractivity contribution is 0.0956. The second-order valence-electron chi connectivity index (χ2n) is 6.90. The Bertz CT molecular complexity index is 1310. The molecule has 0 fully saturated rings. The number of halogens is 1. The van der Waals surface area contributed by atoms with Crippen molar-refractivity contribution in [2.24, 2.45) is 5.10 Å². The zero-order valence-electron chi connectivity index (χ0n) is 17.3. The number of aromatic nitrogens is 1. The molecule has 1 N–H and O–H groups in total. The number of pyridine rings is 1. The van der Waals surface area contributed by atoms with Crippen molar-refractivity contribution in [1.82, 2.24) is 10.4 Å². The Kier molecular flexibility index (Phi) is 6.32. The fourth-order valence-electron chi connectivity index (χ4n) is 3.28. The van der Waals surface area contributed by atoms with E-state index < -0.39 is 0 Å². The van der Waals surface area contributed by atoms with Crippen molar-refractivity contribution in [3.63, 3.8) is 0 Å². The summed E-state index contributed by atoms with van der Waals surface area (Å²) in [5, 5.41) is 4.72. The summed E-state index contributed by atoms with van der Waals surface area (Å²) in [4.78, 5) is 17.5. The van der Waals surface area contributed by atoms with Crippen LogP contribution in [-0.4, -0.2) is 24.2 Å². The average molecular weight is 425 g/mol. The third-order valence-electron chi connectivity index (χ3n) is 4.84. The quantitative estimate of drug-likeness (QED) is 0.329. The highest BCUT2D eigenvalue weighted by Gasteiger charge is 2.13. The minimum atomic E-state index is -0.367. The molecule has 4 aromatic rings. The molecular weight excluding hydrogens is 405 g/mol. The van der Waals surface area contributed by atoms with Gasteiger partial charge in [-0.05, 0) is 54.6 Å². The van der Waals surface area contributed by atoms with E-state index in [1.54, 1.807) is 31.4 Å². The van der Waals surface area contributed by atoms with E-state index in [0.717, 1.165) is 16.9 Å². The van der Waals surface area contributed by atoms with Crippen molar-refractivity contribution in [1.29, 1.82) is 0 Å². The molecule has 3 aromatic carbocycles. The predicted molar refractivity (Wildman–Crippen MR) is 125 cm³/mol. The number of allylic oxidation sites excluding steroid dienone is 1. The SMILES string of the molecule is COc1ccccc1/C=C/C=N/NC(=O)c1cc(-c2ccc(F)cc2)nc2ccccc12. The minimum absolute atomic E-state index is 0.331. The summed E-state index contributed by atoms with van der Waals surface area (Å²) in [6.45, 7) is 0. The summed E-state index contributed by atoms with van der Waals surface area (Å²) < 4.78 is 18.6. The zero-order valence-corrected chi connectivity index (χ0v) is 17.3. The van der Waals surface area contributed by atoms with E-state index in [9.17, 15) is 9.18 Å². The lowest BCUT2D eigenvalue weighted by Gasteiger charge is -2.09. The third kappa shape index (κ3) is 4.70. The number of fused-ring (bicyclic) bond motifs is 1. The van der Waals surface area contributed by atoms with Gasteiger partial charge < -0.3 is 4.74 Å². The van der Waals surface area contributed by atoms with Crippen LogP contribution < -0.4 is 10.2 Å². The maximum absolute atomic E-state index is 13.3. The second-order valence-corrected chi connectivity index (χ2v) is 6.90. The molecule has 5 nitrogen and oxygen atoms in total. The Hall–Kier alpha value is -4.32. The summed E-state index contributed by atoms with van der Waals surface area (Å²) >= 11 is 0. The summed E-state index contributed by atoms with van der Waals surface area (Å²) in [5.74, 6) is 0.0506. The topological polar surface area (TPSA) is 63.6 Å². The van der Waals surface area contributed by atoms with Crippen molar-refractivity contribution in [2.75, 3.05) is 7.11 Å². The standard InChI is InChI=1S/C26H20FN3O2/c1-32-25-11-5-2-7-19(25)8-6-16-28-30-26(31)22-17-24(18-12-14-20(27)15-13-18)29-23-10-4-3-9-21(22)23/h2-17H,1H3,(H,30,31)/b8-6+,28-16+. The van der Waals surface area contributed by atoms with Gasteiger partial charge in [0.2, 0.25) is 0 Å². The van der Waals surface area contributed by atoms with E-state index >= 15 is 0 Å². The highest BCUT2D eigenvalue weighted by molar-refractivity contribution is 6.07. The van der Waals surface area contributed by atoms with Crippen LogP contribution >= 0.6 is 0 Å². The van der Waals surface area contributed by atoms with Gasteiger partial charge in [0.25, 0.3) is 5.91 Å². The average Bonchev–Trinajstić information content (AvgIpc) is 2.83. The number of ether oxygens (including phenoxy) is 1. The van der Waals surface area contributed by atoms with Crippen molar-refractivity contribution in [3.05, 3.63) is 102 Å². The number of rotatable bonds is 6. The molecule has 1 heterocycles. The molecule has 1 aromatic heterocycles. The summed E-state index contributed by atoms with van der Waals surface area (Å²) in [7, 11) is 1.61. The van der Waals surface area contributed by atoms with Gasteiger partial charge in [0.05, 0.1) is 23.9 Å². The number of nitrogens with one attached hydrogen (secondary N) is 1. The van der Waals surface area contributed by atoms with Gasteiger partial charge in [0.15, 0.2) is 0 Å². The van der Waals surface area contributed by atoms with Crippen LogP contribution in [0.3, 0.4) is 0 Å². The molecule has 32 heavy (non-hydrogen) atoms. The highest BCUT2D eigenvalue weighted by atomic mass is 19.1. The first-order valence-electron chi connectivity index (χ1n) is 9.94. The Morgan fingerprint density at radius 3 is 2.59 bits per heavy atom. The number of nitrogens with zero attached hydrogens (tertiary/aromatic N) is 2. The van der Waals surface area contributed by atoms with Gasteiger partial charge in [-0.15, -0.1) is 0 Å². The molecule has 6 heteroatoms. The molecule has 0 bridgehead atoms. The molecule has 0 aliphatic rings. The van der Waals surface area contributed by atoms with Crippen LogP contribution in [0.25, 0.3) is 28.2 Å². The van der Waals surface area contributed by atoms with E-state index in [1.807, 2.05) is 54.6 Å². The van der Waals surface area contributed by atoms with Gasteiger partial charge >= 0.3 is 0 Å². The largest absolute Gasteiger partial charge is 0.496 e. The van der Waals surface area contributed by atoms with Crippen molar-refractivity contribution in [3.8, 4) is 17.0 Å². The smallest absolute Gasteiger partial charge is 0.272 e. The van der Waals surface area contributed by atoms with E-state index in [4.69, 9.17) is 4.74 Å². The molecule has 158 valence electrons. The molecule has 4 rings (SSSR count). The lowest BCUT2D eigenvalue weighted by atomic mass is 10.0.